The van der Waals surface area contributed by atoms with Crippen molar-refractivity contribution < 1.29 is 14.6 Å². The fourth-order valence-electron chi connectivity index (χ4n) is 0.373. The summed E-state index contributed by atoms with van der Waals surface area (Å²) >= 11 is 0. The first-order valence-corrected chi connectivity index (χ1v) is 2.02. The summed E-state index contributed by atoms with van der Waals surface area (Å²) in [6.45, 7) is 0.571. The number of carboxylic acids is 1. The van der Waals surface area contributed by atoms with E-state index in [4.69, 9.17) is 5.11 Å². The standard InChI is InChI=1S/C4H5O3/c5-4(6)3-1-2-7-3/h1-2H2,(H,5,6). The Kier molecular flexibility index (Phi) is 0.982. The highest BCUT2D eigenvalue weighted by atomic mass is 16.5. The van der Waals surface area contributed by atoms with Crippen LogP contribution in [0.5, 0.6) is 0 Å². The van der Waals surface area contributed by atoms with Gasteiger partial charge in [0.1, 0.15) is 0 Å². The lowest BCUT2D eigenvalue weighted by atomic mass is 10.2. The van der Waals surface area contributed by atoms with Crippen LogP contribution in [0.4, 0.5) is 0 Å². The van der Waals surface area contributed by atoms with E-state index in [2.05, 4.69) is 4.74 Å². The van der Waals surface area contributed by atoms with Gasteiger partial charge in [0.2, 0.25) is 6.10 Å². The first-order chi connectivity index (χ1) is 3.30. The molecule has 1 rings (SSSR count). The van der Waals surface area contributed by atoms with E-state index in [0.29, 0.717) is 13.0 Å². The average Bonchev–Trinajstić information content (AvgIpc) is 1.23. The topological polar surface area (TPSA) is 46.5 Å². The Hall–Kier alpha value is -0.570. The van der Waals surface area contributed by atoms with Crippen LogP contribution in [0.3, 0.4) is 0 Å². The molecular weight excluding hydrogens is 96.0 g/mol. The Morgan fingerprint density at radius 1 is 1.86 bits per heavy atom. The molecule has 1 fully saturated rings. The van der Waals surface area contributed by atoms with Crippen molar-refractivity contribution in [3.05, 3.63) is 6.10 Å². The molecule has 1 radical (unpaired) electrons. The average molecular weight is 101 g/mol. The van der Waals surface area contributed by atoms with E-state index in [1.54, 1.807) is 0 Å². The number of hydrogen-bond donors (Lipinski definition) is 1. The SMILES string of the molecule is O=C(O)[C]1CCO1. The van der Waals surface area contributed by atoms with Crippen molar-refractivity contribution >= 4 is 5.97 Å². The lowest BCUT2D eigenvalue weighted by molar-refractivity contribution is -0.147. The van der Waals surface area contributed by atoms with Crippen LogP contribution in [-0.4, -0.2) is 17.7 Å². The van der Waals surface area contributed by atoms with Gasteiger partial charge in [-0.05, 0) is 0 Å². The molecule has 3 nitrogen and oxygen atoms in total. The molecule has 0 aromatic rings. The highest BCUT2D eigenvalue weighted by Gasteiger charge is 2.26. The number of carboxylic acid groups (broad SMARTS) is 1. The molecule has 0 amide bonds. The van der Waals surface area contributed by atoms with Crippen molar-refractivity contribution in [2.24, 2.45) is 0 Å². The quantitative estimate of drug-likeness (QED) is 0.506. The molecule has 1 N–H and O–H groups in total. The summed E-state index contributed by atoms with van der Waals surface area (Å²) in [6.07, 6.45) is 0.787. The van der Waals surface area contributed by atoms with Crippen molar-refractivity contribution in [2.45, 2.75) is 6.42 Å². The van der Waals surface area contributed by atoms with Gasteiger partial charge in [-0.15, -0.1) is 0 Å². The summed E-state index contributed by atoms with van der Waals surface area (Å²) in [7, 11) is 0. The monoisotopic (exact) mass is 101 g/mol. The van der Waals surface area contributed by atoms with Gasteiger partial charge < -0.3 is 9.84 Å². The Morgan fingerprint density at radius 2 is 2.43 bits per heavy atom. The van der Waals surface area contributed by atoms with Crippen molar-refractivity contribution in [1.29, 1.82) is 0 Å². The Balaban J connectivity index is 2.27. The molecule has 7 heavy (non-hydrogen) atoms. The number of hydrogen-bond acceptors (Lipinski definition) is 2. The van der Waals surface area contributed by atoms with E-state index >= 15 is 0 Å². The predicted octanol–water partition coefficient (Wildman–Crippen LogP) is 0.0233. The van der Waals surface area contributed by atoms with Gasteiger partial charge in [-0.25, -0.2) is 4.79 Å². The molecule has 1 aliphatic heterocycles. The van der Waals surface area contributed by atoms with Gasteiger partial charge in [0.25, 0.3) is 0 Å². The van der Waals surface area contributed by atoms with Gasteiger partial charge in [0.05, 0.1) is 6.61 Å². The summed E-state index contributed by atoms with van der Waals surface area (Å²) in [5.74, 6) is -0.925. The van der Waals surface area contributed by atoms with Gasteiger partial charge in [0.15, 0.2) is 0 Å². The normalized spacial score (nSPS) is 21.1. The maximum Gasteiger partial charge on any atom is 0.339 e. The second-order valence-electron chi connectivity index (χ2n) is 1.33. The van der Waals surface area contributed by atoms with E-state index in [1.807, 2.05) is 0 Å². The minimum atomic E-state index is -0.925. The fraction of sp³-hybridized carbons (Fsp3) is 0.500. The molecule has 1 heterocycles. The second-order valence-corrected chi connectivity index (χ2v) is 1.33. The molecule has 39 valence electrons. The Bertz CT molecular complexity index is 84.9. The third kappa shape index (κ3) is 0.718. The Labute approximate surface area is 40.9 Å². The third-order valence-electron chi connectivity index (χ3n) is 0.844. The van der Waals surface area contributed by atoms with Crippen LogP contribution in [0.1, 0.15) is 6.42 Å². The predicted molar refractivity (Wildman–Crippen MR) is 21.4 cm³/mol. The lowest BCUT2D eigenvalue weighted by Gasteiger charge is -2.19. The van der Waals surface area contributed by atoms with Crippen LogP contribution in [0, 0.1) is 6.10 Å². The molecule has 1 saturated heterocycles. The van der Waals surface area contributed by atoms with Crippen molar-refractivity contribution in [1.82, 2.24) is 0 Å². The largest absolute Gasteiger partial charge is 0.479 e. The highest BCUT2D eigenvalue weighted by Crippen LogP contribution is 2.18. The van der Waals surface area contributed by atoms with Crippen LogP contribution in [0.25, 0.3) is 0 Å². The summed E-state index contributed by atoms with van der Waals surface area (Å²) < 4.78 is 4.51. The van der Waals surface area contributed by atoms with Crippen LogP contribution >= 0.6 is 0 Å². The van der Waals surface area contributed by atoms with Gasteiger partial charge in [-0.1, -0.05) is 0 Å². The highest BCUT2D eigenvalue weighted by molar-refractivity contribution is 5.81. The molecular formula is C4H5O3. The molecule has 3 heteroatoms. The van der Waals surface area contributed by atoms with Crippen molar-refractivity contribution in [3.63, 3.8) is 0 Å². The number of aliphatic carboxylic acids is 1. The smallest absolute Gasteiger partial charge is 0.339 e. The third-order valence-corrected chi connectivity index (χ3v) is 0.844. The van der Waals surface area contributed by atoms with Gasteiger partial charge in [-0.3, -0.25) is 0 Å². The molecule has 0 bridgehead atoms. The summed E-state index contributed by atoms with van der Waals surface area (Å²) in [5.41, 5.74) is 0. The number of carbonyl (C=O) groups is 1. The molecule has 0 saturated carbocycles. The maximum atomic E-state index is 9.82. The molecule has 0 atom stereocenters. The van der Waals surface area contributed by atoms with Crippen LogP contribution < -0.4 is 0 Å². The van der Waals surface area contributed by atoms with Crippen molar-refractivity contribution in [3.8, 4) is 0 Å². The summed E-state index contributed by atoms with van der Waals surface area (Å²) in [6, 6.07) is 0. The maximum absolute atomic E-state index is 9.82. The van der Waals surface area contributed by atoms with Gasteiger partial charge >= 0.3 is 5.97 Å². The van der Waals surface area contributed by atoms with Crippen LogP contribution in [0.2, 0.25) is 0 Å². The molecule has 1 aliphatic rings. The Morgan fingerprint density at radius 3 is 2.43 bits per heavy atom. The first-order valence-electron chi connectivity index (χ1n) is 2.02. The first kappa shape index (κ1) is 4.59. The van der Waals surface area contributed by atoms with E-state index in [9.17, 15) is 4.79 Å². The zero-order valence-corrected chi connectivity index (χ0v) is 3.68. The molecule has 0 aromatic heterocycles. The van der Waals surface area contributed by atoms with Gasteiger partial charge in [0, 0.05) is 6.42 Å². The van der Waals surface area contributed by atoms with E-state index in [-0.39, 0.29) is 6.10 Å². The van der Waals surface area contributed by atoms with E-state index in [1.165, 1.54) is 0 Å². The molecule has 0 unspecified atom stereocenters. The summed E-state index contributed by atoms with van der Waals surface area (Å²) in [5, 5.41) is 8.07. The van der Waals surface area contributed by atoms with E-state index < -0.39 is 5.97 Å². The zero-order valence-electron chi connectivity index (χ0n) is 3.68. The molecule has 0 aliphatic carbocycles. The lowest BCUT2D eigenvalue weighted by Crippen LogP contribution is -2.25. The number of rotatable bonds is 1. The second kappa shape index (κ2) is 1.50. The van der Waals surface area contributed by atoms with E-state index in [0.717, 1.165) is 0 Å². The fourth-order valence-corrected chi connectivity index (χ4v) is 0.373. The van der Waals surface area contributed by atoms with Crippen molar-refractivity contribution in [2.75, 3.05) is 6.61 Å². The molecule has 0 spiro atoms. The zero-order chi connectivity index (χ0) is 5.28. The van der Waals surface area contributed by atoms with Crippen LogP contribution in [-0.2, 0) is 9.53 Å². The minimum Gasteiger partial charge on any atom is -0.479 e. The van der Waals surface area contributed by atoms with Crippen LogP contribution in [0.15, 0.2) is 0 Å². The molecule has 0 aromatic carbocycles. The number of ether oxygens (including phenoxy) is 1. The summed E-state index contributed by atoms with van der Waals surface area (Å²) in [4.78, 5) is 9.82. The van der Waals surface area contributed by atoms with Gasteiger partial charge in [-0.2, -0.15) is 0 Å². The minimum absolute atomic E-state index is 0.194.